The van der Waals surface area contributed by atoms with Crippen LogP contribution in [0.5, 0.6) is 5.75 Å². The van der Waals surface area contributed by atoms with Crippen molar-refractivity contribution < 1.29 is 9.53 Å². The molecular formula is C16H20N4O2. The summed E-state index contributed by atoms with van der Waals surface area (Å²) in [6.45, 7) is 2.74. The molecule has 0 aliphatic rings. The first kappa shape index (κ1) is 15.8. The predicted octanol–water partition coefficient (Wildman–Crippen LogP) is 2.76. The molecule has 6 heteroatoms. The molecule has 0 fully saturated rings. The second-order valence-corrected chi connectivity index (χ2v) is 4.73. The SMILES string of the molecule is CCCCNC(=O)c1cnc(Nc2ccccc2OC)nc1. The van der Waals surface area contributed by atoms with E-state index < -0.39 is 0 Å². The maximum Gasteiger partial charge on any atom is 0.254 e. The third kappa shape index (κ3) is 4.18. The van der Waals surface area contributed by atoms with Crippen molar-refractivity contribution in [3.05, 3.63) is 42.2 Å². The van der Waals surface area contributed by atoms with Crippen molar-refractivity contribution in [1.82, 2.24) is 15.3 Å². The molecule has 0 radical (unpaired) electrons. The van der Waals surface area contributed by atoms with E-state index in [1.54, 1.807) is 7.11 Å². The molecule has 1 amide bonds. The van der Waals surface area contributed by atoms with Crippen molar-refractivity contribution in [3.8, 4) is 5.75 Å². The topological polar surface area (TPSA) is 76.1 Å². The molecule has 1 aromatic heterocycles. The summed E-state index contributed by atoms with van der Waals surface area (Å²) in [6, 6.07) is 7.49. The molecule has 1 heterocycles. The Balaban J connectivity index is 2.01. The van der Waals surface area contributed by atoms with E-state index in [9.17, 15) is 4.79 Å². The minimum atomic E-state index is -0.155. The normalized spacial score (nSPS) is 10.1. The molecule has 116 valence electrons. The van der Waals surface area contributed by atoms with E-state index in [0.29, 0.717) is 23.8 Å². The summed E-state index contributed by atoms with van der Waals surface area (Å²) in [5.74, 6) is 0.958. The van der Waals surface area contributed by atoms with Gasteiger partial charge in [-0.2, -0.15) is 0 Å². The van der Waals surface area contributed by atoms with Gasteiger partial charge < -0.3 is 15.4 Å². The number of ether oxygens (including phenoxy) is 1. The Kier molecular flexibility index (Phi) is 5.71. The average Bonchev–Trinajstić information content (AvgIpc) is 2.56. The van der Waals surface area contributed by atoms with E-state index in [-0.39, 0.29) is 5.91 Å². The summed E-state index contributed by atoms with van der Waals surface area (Å²) in [4.78, 5) is 20.2. The van der Waals surface area contributed by atoms with Crippen LogP contribution in [0.1, 0.15) is 30.1 Å². The van der Waals surface area contributed by atoms with Crippen molar-refractivity contribution in [1.29, 1.82) is 0 Å². The predicted molar refractivity (Wildman–Crippen MR) is 85.5 cm³/mol. The second-order valence-electron chi connectivity index (χ2n) is 4.73. The smallest absolute Gasteiger partial charge is 0.254 e. The van der Waals surface area contributed by atoms with Crippen LogP contribution >= 0.6 is 0 Å². The molecule has 22 heavy (non-hydrogen) atoms. The Morgan fingerprint density at radius 3 is 2.64 bits per heavy atom. The fourth-order valence-electron chi connectivity index (χ4n) is 1.86. The summed E-state index contributed by atoms with van der Waals surface area (Å²) in [5, 5.41) is 5.89. The maximum atomic E-state index is 11.9. The van der Waals surface area contributed by atoms with Gasteiger partial charge in [-0.25, -0.2) is 9.97 Å². The van der Waals surface area contributed by atoms with E-state index in [2.05, 4.69) is 27.5 Å². The van der Waals surface area contributed by atoms with Crippen molar-refractivity contribution in [2.24, 2.45) is 0 Å². The molecule has 2 rings (SSSR count). The summed E-state index contributed by atoms with van der Waals surface area (Å²) in [6.07, 6.45) is 5.01. The number of methoxy groups -OCH3 is 1. The molecule has 0 unspecified atom stereocenters. The van der Waals surface area contributed by atoms with Crippen LogP contribution in [0.3, 0.4) is 0 Å². The van der Waals surface area contributed by atoms with E-state index in [4.69, 9.17) is 4.74 Å². The molecule has 0 atom stereocenters. The van der Waals surface area contributed by atoms with Gasteiger partial charge in [0.25, 0.3) is 5.91 Å². The van der Waals surface area contributed by atoms with Crippen LogP contribution in [-0.4, -0.2) is 29.5 Å². The maximum absolute atomic E-state index is 11.9. The molecule has 1 aromatic carbocycles. The van der Waals surface area contributed by atoms with Crippen LogP contribution in [0.2, 0.25) is 0 Å². The number of unbranched alkanes of at least 4 members (excludes halogenated alkanes) is 1. The van der Waals surface area contributed by atoms with Crippen LogP contribution in [0.15, 0.2) is 36.7 Å². The molecule has 0 saturated heterocycles. The van der Waals surface area contributed by atoms with Crippen molar-refractivity contribution in [2.75, 3.05) is 19.0 Å². The first-order valence-electron chi connectivity index (χ1n) is 7.25. The van der Waals surface area contributed by atoms with Crippen molar-refractivity contribution >= 4 is 17.5 Å². The molecule has 6 nitrogen and oxygen atoms in total. The second kappa shape index (κ2) is 7.97. The molecule has 0 saturated carbocycles. The summed E-state index contributed by atoms with van der Waals surface area (Å²) < 4.78 is 5.25. The Morgan fingerprint density at radius 2 is 1.95 bits per heavy atom. The highest BCUT2D eigenvalue weighted by atomic mass is 16.5. The highest BCUT2D eigenvalue weighted by molar-refractivity contribution is 5.93. The van der Waals surface area contributed by atoms with Gasteiger partial charge in [-0.3, -0.25) is 4.79 Å². The fourth-order valence-corrected chi connectivity index (χ4v) is 1.86. The molecule has 0 aliphatic heterocycles. The van der Waals surface area contributed by atoms with E-state index in [1.165, 1.54) is 12.4 Å². The highest BCUT2D eigenvalue weighted by Gasteiger charge is 2.08. The number of nitrogens with one attached hydrogen (secondary N) is 2. The van der Waals surface area contributed by atoms with E-state index >= 15 is 0 Å². The zero-order chi connectivity index (χ0) is 15.8. The fraction of sp³-hybridized carbons (Fsp3) is 0.312. The van der Waals surface area contributed by atoms with Gasteiger partial charge in [0, 0.05) is 18.9 Å². The molecule has 0 spiro atoms. The number of rotatable bonds is 7. The van der Waals surface area contributed by atoms with Crippen LogP contribution < -0.4 is 15.4 Å². The van der Waals surface area contributed by atoms with Gasteiger partial charge >= 0.3 is 0 Å². The van der Waals surface area contributed by atoms with Gasteiger partial charge in [0.05, 0.1) is 18.4 Å². The lowest BCUT2D eigenvalue weighted by molar-refractivity contribution is 0.0952. The van der Waals surface area contributed by atoms with Gasteiger partial charge in [0.1, 0.15) is 5.75 Å². The standard InChI is InChI=1S/C16H20N4O2/c1-3-4-9-17-15(21)12-10-18-16(19-11-12)20-13-7-5-6-8-14(13)22-2/h5-8,10-11H,3-4,9H2,1-2H3,(H,17,21)(H,18,19,20). The van der Waals surface area contributed by atoms with Gasteiger partial charge in [-0.05, 0) is 18.6 Å². The number of hydrogen-bond acceptors (Lipinski definition) is 5. The van der Waals surface area contributed by atoms with Gasteiger partial charge in [-0.15, -0.1) is 0 Å². The third-order valence-electron chi connectivity index (χ3n) is 3.08. The molecular weight excluding hydrogens is 280 g/mol. The molecule has 2 N–H and O–H groups in total. The summed E-state index contributed by atoms with van der Waals surface area (Å²) in [7, 11) is 1.60. The number of nitrogens with zero attached hydrogens (tertiary/aromatic N) is 2. The number of benzene rings is 1. The molecule has 2 aromatic rings. The Morgan fingerprint density at radius 1 is 1.23 bits per heavy atom. The monoisotopic (exact) mass is 300 g/mol. The Bertz CT molecular complexity index is 614. The number of carbonyl (C=O) groups is 1. The largest absolute Gasteiger partial charge is 0.495 e. The lowest BCUT2D eigenvalue weighted by atomic mass is 10.3. The number of hydrogen-bond donors (Lipinski definition) is 2. The zero-order valence-corrected chi connectivity index (χ0v) is 12.8. The zero-order valence-electron chi connectivity index (χ0n) is 12.8. The lowest BCUT2D eigenvalue weighted by Crippen LogP contribution is -2.24. The summed E-state index contributed by atoms with van der Waals surface area (Å²) in [5.41, 5.74) is 1.21. The summed E-state index contributed by atoms with van der Waals surface area (Å²) >= 11 is 0. The highest BCUT2D eigenvalue weighted by Crippen LogP contribution is 2.25. The Labute approximate surface area is 129 Å². The lowest BCUT2D eigenvalue weighted by Gasteiger charge is -2.09. The average molecular weight is 300 g/mol. The quantitative estimate of drug-likeness (QED) is 0.769. The molecule has 0 bridgehead atoms. The van der Waals surface area contributed by atoms with Gasteiger partial charge in [0.2, 0.25) is 5.95 Å². The molecule has 0 aliphatic carbocycles. The van der Waals surface area contributed by atoms with Crippen LogP contribution in [0.4, 0.5) is 11.6 Å². The number of carbonyl (C=O) groups excluding carboxylic acids is 1. The van der Waals surface area contributed by atoms with Gasteiger partial charge in [0.15, 0.2) is 0 Å². The minimum Gasteiger partial charge on any atom is -0.495 e. The van der Waals surface area contributed by atoms with Crippen molar-refractivity contribution in [3.63, 3.8) is 0 Å². The van der Waals surface area contributed by atoms with Gasteiger partial charge in [-0.1, -0.05) is 25.5 Å². The van der Waals surface area contributed by atoms with Crippen LogP contribution in [-0.2, 0) is 0 Å². The third-order valence-corrected chi connectivity index (χ3v) is 3.08. The minimum absolute atomic E-state index is 0.155. The first-order valence-corrected chi connectivity index (χ1v) is 7.25. The van der Waals surface area contributed by atoms with Crippen LogP contribution in [0, 0.1) is 0 Å². The van der Waals surface area contributed by atoms with E-state index in [1.807, 2.05) is 24.3 Å². The first-order chi connectivity index (χ1) is 10.7. The Hall–Kier alpha value is -2.63. The number of anilines is 2. The van der Waals surface area contributed by atoms with Crippen molar-refractivity contribution in [2.45, 2.75) is 19.8 Å². The number of para-hydroxylation sites is 2. The number of aromatic nitrogens is 2. The number of amides is 1. The van der Waals surface area contributed by atoms with Crippen LogP contribution in [0.25, 0.3) is 0 Å². The van der Waals surface area contributed by atoms with E-state index in [0.717, 1.165) is 18.5 Å².